The quantitative estimate of drug-likeness (QED) is 0.338. The first-order valence-corrected chi connectivity index (χ1v) is 11.8. The first-order valence-electron chi connectivity index (χ1n) is 9.48. The van der Waals surface area contributed by atoms with E-state index in [0.29, 0.717) is 22.5 Å². The molecular weight excluding hydrogens is 434 g/mol. The molecule has 4 aromatic rings. The maximum absolute atomic E-state index is 13.2. The van der Waals surface area contributed by atoms with E-state index in [9.17, 15) is 4.79 Å². The van der Waals surface area contributed by atoms with Gasteiger partial charge in [0.2, 0.25) is 5.91 Å². The molecule has 0 atom stereocenters. The number of anilines is 1. The van der Waals surface area contributed by atoms with Crippen LogP contribution in [0.2, 0.25) is 5.02 Å². The Balaban J connectivity index is 1.57. The molecule has 2 aromatic heterocycles. The maximum Gasteiger partial charge on any atom is 0.239 e. The SMILES string of the molecule is Cc1c(Cl)ccc2sc(N(Cc3cccnc3)C(=O)CSCc3ccccc3)nc12. The number of carbonyl (C=O) groups is 1. The van der Waals surface area contributed by atoms with E-state index in [4.69, 9.17) is 16.6 Å². The van der Waals surface area contributed by atoms with Gasteiger partial charge < -0.3 is 0 Å². The number of rotatable bonds is 7. The molecule has 0 N–H and O–H groups in total. The Morgan fingerprint density at radius 1 is 1.10 bits per heavy atom. The Hall–Kier alpha value is -2.41. The third-order valence-corrected chi connectivity index (χ3v) is 7.11. The van der Waals surface area contributed by atoms with Gasteiger partial charge in [-0.25, -0.2) is 4.98 Å². The number of benzene rings is 2. The van der Waals surface area contributed by atoms with Gasteiger partial charge in [0.05, 0.1) is 22.5 Å². The van der Waals surface area contributed by atoms with Gasteiger partial charge in [0.15, 0.2) is 5.13 Å². The highest BCUT2D eigenvalue weighted by Crippen LogP contribution is 2.34. The molecule has 2 heterocycles. The van der Waals surface area contributed by atoms with E-state index in [1.165, 1.54) is 16.9 Å². The third kappa shape index (κ3) is 4.83. The predicted molar refractivity (Wildman–Crippen MR) is 127 cm³/mol. The maximum atomic E-state index is 13.2. The summed E-state index contributed by atoms with van der Waals surface area (Å²) in [6, 6.07) is 17.9. The smallest absolute Gasteiger partial charge is 0.239 e. The number of aromatic nitrogens is 2. The average Bonchev–Trinajstić information content (AvgIpc) is 3.21. The van der Waals surface area contributed by atoms with Crippen molar-refractivity contribution in [2.75, 3.05) is 10.7 Å². The Bertz CT molecular complexity index is 1150. The molecule has 7 heteroatoms. The number of pyridine rings is 1. The molecule has 0 saturated carbocycles. The summed E-state index contributed by atoms with van der Waals surface area (Å²) in [5, 5.41) is 1.37. The molecule has 152 valence electrons. The number of amides is 1. The summed E-state index contributed by atoms with van der Waals surface area (Å²) in [7, 11) is 0. The van der Waals surface area contributed by atoms with Gasteiger partial charge in [-0.15, -0.1) is 11.8 Å². The van der Waals surface area contributed by atoms with Crippen molar-refractivity contribution < 1.29 is 4.79 Å². The second kappa shape index (κ2) is 9.60. The lowest BCUT2D eigenvalue weighted by Crippen LogP contribution is -2.32. The summed E-state index contributed by atoms with van der Waals surface area (Å²) in [4.78, 5) is 23.9. The van der Waals surface area contributed by atoms with Crippen LogP contribution in [0.3, 0.4) is 0 Å². The first-order chi connectivity index (χ1) is 14.6. The molecule has 30 heavy (non-hydrogen) atoms. The summed E-state index contributed by atoms with van der Waals surface area (Å²) in [6.07, 6.45) is 3.52. The van der Waals surface area contributed by atoms with Crippen molar-refractivity contribution >= 4 is 56.0 Å². The molecule has 0 aliphatic rings. The summed E-state index contributed by atoms with van der Waals surface area (Å²) in [5.74, 6) is 1.20. The summed E-state index contributed by atoms with van der Waals surface area (Å²) in [6.45, 7) is 2.39. The summed E-state index contributed by atoms with van der Waals surface area (Å²) >= 11 is 9.39. The highest BCUT2D eigenvalue weighted by Gasteiger charge is 2.21. The van der Waals surface area contributed by atoms with Gasteiger partial charge in [0, 0.05) is 23.2 Å². The molecule has 0 aliphatic carbocycles. The zero-order valence-electron chi connectivity index (χ0n) is 16.4. The van der Waals surface area contributed by atoms with Crippen LogP contribution in [0.4, 0.5) is 5.13 Å². The molecule has 0 unspecified atom stereocenters. The van der Waals surface area contributed by atoms with E-state index >= 15 is 0 Å². The topological polar surface area (TPSA) is 46.1 Å². The third-order valence-electron chi connectivity index (χ3n) is 4.67. The number of thioether (sulfide) groups is 1. The van der Waals surface area contributed by atoms with Crippen LogP contribution in [0.1, 0.15) is 16.7 Å². The van der Waals surface area contributed by atoms with E-state index in [2.05, 4.69) is 17.1 Å². The number of carbonyl (C=O) groups excluding carboxylic acids is 1. The minimum absolute atomic E-state index is 0.0302. The van der Waals surface area contributed by atoms with Crippen molar-refractivity contribution in [1.82, 2.24) is 9.97 Å². The van der Waals surface area contributed by atoms with E-state index in [1.54, 1.807) is 29.1 Å². The lowest BCUT2D eigenvalue weighted by Gasteiger charge is -2.19. The molecule has 0 radical (unpaired) electrons. The number of nitrogens with zero attached hydrogens (tertiary/aromatic N) is 3. The standard InChI is InChI=1S/C23H20ClN3OS2/c1-16-19(24)9-10-20-22(16)26-23(30-20)27(13-18-8-5-11-25-12-18)21(28)15-29-14-17-6-3-2-4-7-17/h2-12H,13-15H2,1H3. The Kier molecular flexibility index (Phi) is 6.67. The van der Waals surface area contributed by atoms with Gasteiger partial charge in [-0.3, -0.25) is 14.7 Å². The zero-order valence-corrected chi connectivity index (χ0v) is 18.8. The van der Waals surface area contributed by atoms with E-state index in [-0.39, 0.29) is 5.91 Å². The van der Waals surface area contributed by atoms with Crippen molar-refractivity contribution in [3.63, 3.8) is 0 Å². The predicted octanol–water partition coefficient (Wildman–Crippen LogP) is 6.12. The van der Waals surface area contributed by atoms with E-state index in [0.717, 1.165) is 27.1 Å². The second-order valence-electron chi connectivity index (χ2n) is 6.84. The Morgan fingerprint density at radius 2 is 1.90 bits per heavy atom. The molecule has 1 amide bonds. The molecule has 0 fully saturated rings. The number of hydrogen-bond donors (Lipinski definition) is 0. The lowest BCUT2D eigenvalue weighted by atomic mass is 10.2. The number of thiazole rings is 1. The Morgan fingerprint density at radius 3 is 2.67 bits per heavy atom. The molecule has 4 rings (SSSR count). The van der Waals surface area contributed by atoms with Gasteiger partial charge in [-0.05, 0) is 41.8 Å². The molecule has 0 aliphatic heterocycles. The lowest BCUT2D eigenvalue weighted by molar-refractivity contribution is -0.116. The minimum Gasteiger partial charge on any atom is -0.283 e. The van der Waals surface area contributed by atoms with Crippen molar-refractivity contribution in [2.24, 2.45) is 0 Å². The molecule has 0 saturated heterocycles. The fraction of sp³-hybridized carbons (Fsp3) is 0.174. The van der Waals surface area contributed by atoms with Gasteiger partial charge in [-0.1, -0.05) is 59.3 Å². The van der Waals surface area contributed by atoms with Crippen LogP contribution in [0, 0.1) is 6.92 Å². The highest BCUT2D eigenvalue weighted by molar-refractivity contribution is 7.99. The second-order valence-corrected chi connectivity index (χ2v) is 9.24. The molecule has 0 spiro atoms. The van der Waals surface area contributed by atoms with Crippen molar-refractivity contribution in [2.45, 2.75) is 19.2 Å². The average molecular weight is 454 g/mol. The molecule has 4 nitrogen and oxygen atoms in total. The van der Waals surface area contributed by atoms with Gasteiger partial charge in [0.25, 0.3) is 0 Å². The van der Waals surface area contributed by atoms with Crippen LogP contribution in [0.15, 0.2) is 67.0 Å². The van der Waals surface area contributed by atoms with E-state index < -0.39 is 0 Å². The van der Waals surface area contributed by atoms with Gasteiger partial charge in [0.1, 0.15) is 0 Å². The Labute approximate surface area is 188 Å². The van der Waals surface area contributed by atoms with Crippen LogP contribution < -0.4 is 4.90 Å². The van der Waals surface area contributed by atoms with Crippen LogP contribution in [0.5, 0.6) is 0 Å². The minimum atomic E-state index is 0.0302. The van der Waals surface area contributed by atoms with Gasteiger partial charge in [-0.2, -0.15) is 0 Å². The van der Waals surface area contributed by atoms with Crippen molar-refractivity contribution in [3.05, 3.63) is 88.7 Å². The number of halogens is 1. The monoisotopic (exact) mass is 453 g/mol. The number of aryl methyl sites for hydroxylation is 1. The summed E-state index contributed by atoms with van der Waals surface area (Å²) in [5.41, 5.74) is 3.96. The summed E-state index contributed by atoms with van der Waals surface area (Å²) < 4.78 is 1.02. The fourth-order valence-electron chi connectivity index (χ4n) is 3.05. The van der Waals surface area contributed by atoms with Crippen molar-refractivity contribution in [1.29, 1.82) is 0 Å². The molecular formula is C23H20ClN3OS2. The largest absolute Gasteiger partial charge is 0.283 e. The number of fused-ring (bicyclic) bond motifs is 1. The van der Waals surface area contributed by atoms with Crippen LogP contribution >= 0.6 is 34.7 Å². The first kappa shape index (κ1) is 20.8. The van der Waals surface area contributed by atoms with Crippen molar-refractivity contribution in [3.8, 4) is 0 Å². The molecule has 2 aromatic carbocycles. The zero-order chi connectivity index (χ0) is 20.9. The number of hydrogen-bond acceptors (Lipinski definition) is 5. The van der Waals surface area contributed by atoms with Crippen LogP contribution in [-0.2, 0) is 17.1 Å². The normalized spacial score (nSPS) is 11.0. The van der Waals surface area contributed by atoms with Crippen LogP contribution in [0.25, 0.3) is 10.2 Å². The van der Waals surface area contributed by atoms with Crippen LogP contribution in [-0.4, -0.2) is 21.6 Å². The van der Waals surface area contributed by atoms with E-state index in [1.807, 2.05) is 49.4 Å². The molecule has 0 bridgehead atoms. The van der Waals surface area contributed by atoms with Gasteiger partial charge >= 0.3 is 0 Å². The highest BCUT2D eigenvalue weighted by atomic mass is 35.5. The fourth-order valence-corrected chi connectivity index (χ4v) is 5.10.